The summed E-state index contributed by atoms with van der Waals surface area (Å²) in [7, 11) is 7.01. The van der Waals surface area contributed by atoms with Crippen LogP contribution >= 0.6 is 0 Å². The zero-order valence-corrected chi connectivity index (χ0v) is 17.8. The molecule has 0 bridgehead atoms. The van der Waals surface area contributed by atoms with Crippen molar-refractivity contribution in [3.8, 4) is 11.5 Å². The van der Waals surface area contributed by atoms with E-state index in [2.05, 4.69) is 10.6 Å². The summed E-state index contributed by atoms with van der Waals surface area (Å²) in [5.74, 6) is 0.453. The van der Waals surface area contributed by atoms with Gasteiger partial charge < -0.3 is 25.0 Å². The summed E-state index contributed by atoms with van der Waals surface area (Å²) in [6.45, 7) is 3.47. The minimum Gasteiger partial charge on any atom is -0.493 e. The minimum atomic E-state index is -1.24. The Labute approximate surface area is 172 Å². The summed E-state index contributed by atoms with van der Waals surface area (Å²) < 4.78 is 10.5. The van der Waals surface area contributed by atoms with Crippen LogP contribution in [0.2, 0.25) is 0 Å². The highest BCUT2D eigenvalue weighted by atomic mass is 16.5. The molecule has 2 N–H and O–H groups in total. The van der Waals surface area contributed by atoms with E-state index in [1.54, 1.807) is 40.2 Å². The van der Waals surface area contributed by atoms with Crippen LogP contribution in [0.15, 0.2) is 42.5 Å². The molecule has 0 atom stereocenters. The summed E-state index contributed by atoms with van der Waals surface area (Å²) in [5, 5.41) is 5.62. The Morgan fingerprint density at radius 3 is 2.10 bits per heavy atom. The number of hydrogen-bond acceptors (Lipinski definition) is 5. The van der Waals surface area contributed by atoms with Crippen molar-refractivity contribution in [1.29, 1.82) is 0 Å². The van der Waals surface area contributed by atoms with Crippen LogP contribution in [0.3, 0.4) is 0 Å². The molecule has 7 nitrogen and oxygen atoms in total. The number of rotatable bonds is 8. The lowest BCUT2D eigenvalue weighted by atomic mass is 9.90. The molecule has 0 aromatic heterocycles. The number of methoxy groups -OCH3 is 2. The predicted molar refractivity (Wildman–Crippen MR) is 115 cm³/mol. The quantitative estimate of drug-likeness (QED) is 0.667. The first-order chi connectivity index (χ1) is 13.7. The number of amides is 2. The predicted octanol–water partition coefficient (Wildman–Crippen LogP) is 3.05. The number of carbonyl (C=O) groups excluding carboxylic acids is 2. The largest absolute Gasteiger partial charge is 0.493 e. The standard InChI is InChI=1S/C22H29N3O4/c1-22(2,21(27)24-16-8-10-17(11-9-16)25(3)4)20(26)23-14-15-7-12-18(28-5)19(13-15)29-6/h7-13H,14H2,1-6H3,(H,23,26)(H,24,27). The Hall–Kier alpha value is -3.22. The zero-order valence-electron chi connectivity index (χ0n) is 17.8. The molecule has 2 aromatic carbocycles. The third-order valence-corrected chi connectivity index (χ3v) is 4.68. The van der Waals surface area contributed by atoms with E-state index in [1.165, 1.54) is 0 Å². The molecule has 0 heterocycles. The summed E-state index contributed by atoms with van der Waals surface area (Å²) in [4.78, 5) is 27.3. The van der Waals surface area contributed by atoms with Crippen LogP contribution in [-0.4, -0.2) is 40.1 Å². The van der Waals surface area contributed by atoms with E-state index >= 15 is 0 Å². The molecule has 0 aliphatic carbocycles. The third kappa shape index (κ3) is 5.40. The second-order valence-corrected chi connectivity index (χ2v) is 7.39. The van der Waals surface area contributed by atoms with Crippen molar-refractivity contribution in [3.63, 3.8) is 0 Å². The average Bonchev–Trinajstić information content (AvgIpc) is 2.71. The maximum Gasteiger partial charge on any atom is 0.239 e. The van der Waals surface area contributed by atoms with Crippen molar-refractivity contribution in [1.82, 2.24) is 5.32 Å². The van der Waals surface area contributed by atoms with E-state index in [-0.39, 0.29) is 18.4 Å². The summed E-state index contributed by atoms with van der Waals surface area (Å²) in [6, 6.07) is 12.8. The van der Waals surface area contributed by atoms with Crippen LogP contribution < -0.4 is 25.0 Å². The first-order valence-corrected chi connectivity index (χ1v) is 9.27. The fraction of sp³-hybridized carbons (Fsp3) is 0.364. The number of hydrogen-bond donors (Lipinski definition) is 2. The van der Waals surface area contributed by atoms with Crippen molar-refractivity contribution in [2.75, 3.05) is 38.5 Å². The topological polar surface area (TPSA) is 79.9 Å². The van der Waals surface area contributed by atoms with Gasteiger partial charge in [0.2, 0.25) is 11.8 Å². The van der Waals surface area contributed by atoms with E-state index in [4.69, 9.17) is 9.47 Å². The van der Waals surface area contributed by atoms with Gasteiger partial charge in [-0.15, -0.1) is 0 Å². The van der Waals surface area contributed by atoms with E-state index < -0.39 is 5.41 Å². The van der Waals surface area contributed by atoms with E-state index in [0.717, 1.165) is 11.3 Å². The molecule has 2 amide bonds. The van der Waals surface area contributed by atoms with E-state index in [9.17, 15) is 9.59 Å². The molecule has 0 fully saturated rings. The molecule has 0 unspecified atom stereocenters. The van der Waals surface area contributed by atoms with Crippen LogP contribution in [0.1, 0.15) is 19.4 Å². The highest BCUT2D eigenvalue weighted by Crippen LogP contribution is 2.28. The van der Waals surface area contributed by atoms with Crippen molar-refractivity contribution < 1.29 is 19.1 Å². The third-order valence-electron chi connectivity index (χ3n) is 4.68. The van der Waals surface area contributed by atoms with Gasteiger partial charge in [-0.3, -0.25) is 9.59 Å². The Kier molecular flexibility index (Phi) is 7.09. The van der Waals surface area contributed by atoms with Crippen LogP contribution in [0.4, 0.5) is 11.4 Å². The monoisotopic (exact) mass is 399 g/mol. The van der Waals surface area contributed by atoms with Gasteiger partial charge in [-0.05, 0) is 55.8 Å². The first-order valence-electron chi connectivity index (χ1n) is 9.27. The molecule has 2 rings (SSSR count). The van der Waals surface area contributed by atoms with E-state index in [0.29, 0.717) is 17.2 Å². The van der Waals surface area contributed by atoms with Gasteiger partial charge in [-0.25, -0.2) is 0 Å². The molecule has 0 aliphatic rings. The van der Waals surface area contributed by atoms with Gasteiger partial charge in [-0.1, -0.05) is 6.07 Å². The van der Waals surface area contributed by atoms with Gasteiger partial charge in [-0.2, -0.15) is 0 Å². The van der Waals surface area contributed by atoms with Gasteiger partial charge in [0.25, 0.3) is 0 Å². The lowest BCUT2D eigenvalue weighted by Crippen LogP contribution is -2.44. The van der Waals surface area contributed by atoms with Gasteiger partial charge in [0.15, 0.2) is 11.5 Å². The number of anilines is 2. The zero-order chi connectivity index (χ0) is 21.6. The minimum absolute atomic E-state index is 0.271. The van der Waals surface area contributed by atoms with Gasteiger partial charge in [0.05, 0.1) is 14.2 Å². The smallest absolute Gasteiger partial charge is 0.239 e. The lowest BCUT2D eigenvalue weighted by Gasteiger charge is -2.23. The van der Waals surface area contributed by atoms with Crippen molar-refractivity contribution in [2.45, 2.75) is 20.4 Å². The fourth-order valence-corrected chi connectivity index (χ4v) is 2.63. The van der Waals surface area contributed by atoms with Gasteiger partial charge >= 0.3 is 0 Å². The Morgan fingerprint density at radius 2 is 1.55 bits per heavy atom. The normalized spacial score (nSPS) is 10.8. The molecule has 0 saturated carbocycles. The average molecular weight is 399 g/mol. The molecule has 0 spiro atoms. The van der Waals surface area contributed by atoms with Crippen molar-refractivity contribution in [2.24, 2.45) is 5.41 Å². The Balaban J connectivity index is 2.00. The maximum absolute atomic E-state index is 12.7. The SMILES string of the molecule is COc1ccc(CNC(=O)C(C)(C)C(=O)Nc2ccc(N(C)C)cc2)cc1OC. The Bertz CT molecular complexity index is 861. The molecule has 29 heavy (non-hydrogen) atoms. The first kappa shape index (κ1) is 22.1. The Morgan fingerprint density at radius 1 is 0.931 bits per heavy atom. The molecule has 156 valence electrons. The molecular formula is C22H29N3O4. The van der Waals surface area contributed by atoms with Gasteiger partial charge in [0, 0.05) is 32.0 Å². The number of carbonyl (C=O) groups is 2. The summed E-state index contributed by atoms with van der Waals surface area (Å²) in [6.07, 6.45) is 0. The van der Waals surface area contributed by atoms with Crippen molar-refractivity contribution >= 4 is 23.2 Å². The molecule has 0 radical (unpaired) electrons. The fourth-order valence-electron chi connectivity index (χ4n) is 2.63. The van der Waals surface area contributed by atoms with Crippen LogP contribution in [0, 0.1) is 5.41 Å². The summed E-state index contributed by atoms with van der Waals surface area (Å²) >= 11 is 0. The molecule has 7 heteroatoms. The van der Waals surface area contributed by atoms with Crippen LogP contribution in [0.5, 0.6) is 11.5 Å². The van der Waals surface area contributed by atoms with Gasteiger partial charge in [0.1, 0.15) is 5.41 Å². The number of ether oxygens (including phenoxy) is 2. The second-order valence-electron chi connectivity index (χ2n) is 7.39. The lowest BCUT2D eigenvalue weighted by molar-refractivity contribution is -0.138. The molecular weight excluding hydrogens is 370 g/mol. The number of benzene rings is 2. The number of nitrogens with zero attached hydrogens (tertiary/aromatic N) is 1. The van der Waals surface area contributed by atoms with Crippen LogP contribution in [-0.2, 0) is 16.1 Å². The second kappa shape index (κ2) is 9.32. The molecule has 2 aromatic rings. The highest BCUT2D eigenvalue weighted by molar-refractivity contribution is 6.09. The molecule has 0 saturated heterocycles. The molecule has 0 aliphatic heterocycles. The number of nitrogens with one attached hydrogen (secondary N) is 2. The summed E-state index contributed by atoms with van der Waals surface area (Å²) in [5.41, 5.74) is 1.26. The highest BCUT2D eigenvalue weighted by Gasteiger charge is 2.36. The van der Waals surface area contributed by atoms with Crippen LogP contribution in [0.25, 0.3) is 0 Å². The van der Waals surface area contributed by atoms with Crippen molar-refractivity contribution in [3.05, 3.63) is 48.0 Å². The maximum atomic E-state index is 12.7. The van der Waals surface area contributed by atoms with E-state index in [1.807, 2.05) is 49.3 Å².